The standard InChI is InChI=1S/C22H28N2O3/c1-17-5-7-18(8-6-17)13-24-11-10-23(15-20(24)9-12-25)14-19-3-2-4-21-22(19)27-16-26-21/h2-8,20,25H,9-16H2,1H3/t20-/m1/s1. The molecule has 2 aromatic rings. The highest BCUT2D eigenvalue weighted by Gasteiger charge is 2.28. The van der Waals surface area contributed by atoms with E-state index in [-0.39, 0.29) is 6.61 Å². The Morgan fingerprint density at radius 1 is 1.04 bits per heavy atom. The third kappa shape index (κ3) is 4.26. The Morgan fingerprint density at radius 2 is 1.89 bits per heavy atom. The molecule has 2 aliphatic rings. The van der Waals surface area contributed by atoms with Crippen LogP contribution in [0.5, 0.6) is 11.5 Å². The first kappa shape index (κ1) is 18.3. The lowest BCUT2D eigenvalue weighted by molar-refractivity contribution is 0.0495. The Morgan fingerprint density at radius 3 is 2.70 bits per heavy atom. The average Bonchev–Trinajstić information content (AvgIpc) is 3.16. The summed E-state index contributed by atoms with van der Waals surface area (Å²) in [5.74, 6) is 1.73. The van der Waals surface area contributed by atoms with E-state index in [1.807, 2.05) is 12.1 Å². The average molecular weight is 368 g/mol. The minimum atomic E-state index is 0.223. The number of fused-ring (bicyclic) bond motifs is 1. The molecule has 2 heterocycles. The van der Waals surface area contributed by atoms with Crippen LogP contribution in [0.25, 0.3) is 0 Å². The van der Waals surface area contributed by atoms with Crippen LogP contribution in [0, 0.1) is 6.92 Å². The fourth-order valence-corrected chi connectivity index (χ4v) is 4.02. The van der Waals surface area contributed by atoms with Gasteiger partial charge in [-0.3, -0.25) is 9.80 Å². The molecule has 0 aliphatic carbocycles. The molecule has 2 aromatic carbocycles. The van der Waals surface area contributed by atoms with Crippen molar-refractivity contribution in [3.05, 3.63) is 59.2 Å². The van der Waals surface area contributed by atoms with E-state index in [1.54, 1.807) is 0 Å². The zero-order valence-corrected chi connectivity index (χ0v) is 15.9. The molecule has 0 spiro atoms. The molecule has 0 aromatic heterocycles. The highest BCUT2D eigenvalue weighted by molar-refractivity contribution is 5.48. The van der Waals surface area contributed by atoms with Gasteiger partial charge < -0.3 is 14.6 Å². The van der Waals surface area contributed by atoms with Gasteiger partial charge in [0.05, 0.1) is 0 Å². The van der Waals surface area contributed by atoms with E-state index in [2.05, 4.69) is 47.1 Å². The predicted octanol–water partition coefficient (Wildman–Crippen LogP) is 2.79. The number of benzene rings is 2. The number of aliphatic hydroxyl groups is 1. The SMILES string of the molecule is Cc1ccc(CN2CCN(Cc3cccc4c3OCO4)C[C@H]2CCO)cc1. The first-order chi connectivity index (χ1) is 13.2. The minimum absolute atomic E-state index is 0.223. The summed E-state index contributed by atoms with van der Waals surface area (Å²) in [6.45, 7) is 7.42. The Bertz CT molecular complexity index is 763. The Hall–Kier alpha value is -2.08. The van der Waals surface area contributed by atoms with E-state index in [9.17, 15) is 5.11 Å². The number of nitrogens with zero attached hydrogens (tertiary/aromatic N) is 2. The maximum atomic E-state index is 9.56. The van der Waals surface area contributed by atoms with Crippen molar-refractivity contribution in [1.82, 2.24) is 9.80 Å². The van der Waals surface area contributed by atoms with E-state index >= 15 is 0 Å². The predicted molar refractivity (Wildman–Crippen MR) is 105 cm³/mol. The lowest BCUT2D eigenvalue weighted by Gasteiger charge is -2.41. The van der Waals surface area contributed by atoms with E-state index in [0.29, 0.717) is 12.8 Å². The number of hydrogen-bond donors (Lipinski definition) is 1. The minimum Gasteiger partial charge on any atom is -0.454 e. The molecular weight excluding hydrogens is 340 g/mol. The zero-order valence-electron chi connectivity index (χ0n) is 15.9. The molecule has 0 bridgehead atoms. The van der Waals surface area contributed by atoms with Crippen molar-refractivity contribution in [3.8, 4) is 11.5 Å². The topological polar surface area (TPSA) is 45.2 Å². The van der Waals surface area contributed by atoms with Crippen LogP contribution in [0.3, 0.4) is 0 Å². The third-order valence-electron chi connectivity index (χ3n) is 5.53. The molecule has 5 nitrogen and oxygen atoms in total. The van der Waals surface area contributed by atoms with Crippen LogP contribution < -0.4 is 9.47 Å². The number of para-hydroxylation sites is 1. The first-order valence-electron chi connectivity index (χ1n) is 9.73. The van der Waals surface area contributed by atoms with Gasteiger partial charge >= 0.3 is 0 Å². The maximum Gasteiger partial charge on any atom is 0.231 e. The number of ether oxygens (including phenoxy) is 2. The van der Waals surface area contributed by atoms with Crippen molar-refractivity contribution in [2.75, 3.05) is 33.0 Å². The summed E-state index contributed by atoms with van der Waals surface area (Å²) in [7, 11) is 0. The van der Waals surface area contributed by atoms with Crippen molar-refractivity contribution in [2.45, 2.75) is 32.5 Å². The van der Waals surface area contributed by atoms with E-state index in [0.717, 1.165) is 50.6 Å². The van der Waals surface area contributed by atoms with Crippen LogP contribution in [0.4, 0.5) is 0 Å². The van der Waals surface area contributed by atoms with Gasteiger partial charge in [0, 0.05) is 50.9 Å². The molecule has 27 heavy (non-hydrogen) atoms. The number of hydrogen-bond acceptors (Lipinski definition) is 5. The van der Waals surface area contributed by atoms with Crippen LogP contribution in [-0.4, -0.2) is 54.0 Å². The van der Waals surface area contributed by atoms with Crippen LogP contribution in [-0.2, 0) is 13.1 Å². The molecule has 144 valence electrons. The number of rotatable bonds is 6. The maximum absolute atomic E-state index is 9.56. The fraction of sp³-hybridized carbons (Fsp3) is 0.455. The zero-order chi connectivity index (χ0) is 18.6. The summed E-state index contributed by atoms with van der Waals surface area (Å²) in [6.07, 6.45) is 0.800. The van der Waals surface area contributed by atoms with Crippen LogP contribution in [0.15, 0.2) is 42.5 Å². The second kappa shape index (κ2) is 8.30. The van der Waals surface area contributed by atoms with Gasteiger partial charge in [-0.05, 0) is 25.0 Å². The van der Waals surface area contributed by atoms with E-state index < -0.39 is 0 Å². The molecule has 4 rings (SSSR count). The summed E-state index contributed by atoms with van der Waals surface area (Å²) in [5.41, 5.74) is 3.81. The van der Waals surface area contributed by atoms with Crippen molar-refractivity contribution in [1.29, 1.82) is 0 Å². The number of aryl methyl sites for hydroxylation is 1. The lowest BCUT2D eigenvalue weighted by Crippen LogP contribution is -2.52. The van der Waals surface area contributed by atoms with Crippen LogP contribution >= 0.6 is 0 Å². The number of piperazine rings is 1. The van der Waals surface area contributed by atoms with Crippen LogP contribution in [0.2, 0.25) is 0 Å². The molecule has 0 amide bonds. The van der Waals surface area contributed by atoms with Crippen molar-refractivity contribution in [2.24, 2.45) is 0 Å². The molecule has 1 fully saturated rings. The normalized spacial score (nSPS) is 20.1. The van der Waals surface area contributed by atoms with Crippen molar-refractivity contribution in [3.63, 3.8) is 0 Å². The summed E-state index contributed by atoms with van der Waals surface area (Å²) >= 11 is 0. The molecule has 0 saturated carbocycles. The highest BCUT2D eigenvalue weighted by atomic mass is 16.7. The van der Waals surface area contributed by atoms with E-state index in [4.69, 9.17) is 9.47 Å². The molecule has 1 atom stereocenters. The molecular formula is C22H28N2O3. The number of aliphatic hydroxyl groups excluding tert-OH is 1. The van der Waals surface area contributed by atoms with Gasteiger partial charge in [-0.15, -0.1) is 0 Å². The fourth-order valence-electron chi connectivity index (χ4n) is 4.02. The second-order valence-electron chi connectivity index (χ2n) is 7.51. The molecule has 0 radical (unpaired) electrons. The second-order valence-corrected chi connectivity index (χ2v) is 7.51. The molecule has 1 saturated heterocycles. The molecule has 1 N–H and O–H groups in total. The quantitative estimate of drug-likeness (QED) is 0.850. The summed E-state index contributed by atoms with van der Waals surface area (Å²) < 4.78 is 11.2. The molecule has 2 aliphatic heterocycles. The summed E-state index contributed by atoms with van der Waals surface area (Å²) in [5, 5.41) is 9.56. The molecule has 5 heteroatoms. The Kier molecular flexibility index (Phi) is 5.62. The van der Waals surface area contributed by atoms with Gasteiger partial charge in [0.15, 0.2) is 11.5 Å². The monoisotopic (exact) mass is 368 g/mol. The van der Waals surface area contributed by atoms with Crippen molar-refractivity contribution >= 4 is 0 Å². The Balaban J connectivity index is 1.42. The lowest BCUT2D eigenvalue weighted by atomic mass is 10.1. The van der Waals surface area contributed by atoms with Crippen LogP contribution in [0.1, 0.15) is 23.1 Å². The van der Waals surface area contributed by atoms with Gasteiger partial charge in [-0.2, -0.15) is 0 Å². The largest absolute Gasteiger partial charge is 0.454 e. The summed E-state index contributed by atoms with van der Waals surface area (Å²) in [4.78, 5) is 4.97. The van der Waals surface area contributed by atoms with Crippen molar-refractivity contribution < 1.29 is 14.6 Å². The molecule has 0 unspecified atom stereocenters. The first-order valence-corrected chi connectivity index (χ1v) is 9.73. The van der Waals surface area contributed by atoms with Gasteiger partial charge in [-0.25, -0.2) is 0 Å². The van der Waals surface area contributed by atoms with Gasteiger partial charge in [0.1, 0.15) is 0 Å². The highest BCUT2D eigenvalue weighted by Crippen LogP contribution is 2.36. The van der Waals surface area contributed by atoms with Gasteiger partial charge in [0.25, 0.3) is 0 Å². The van der Waals surface area contributed by atoms with Gasteiger partial charge in [-0.1, -0.05) is 42.0 Å². The summed E-state index contributed by atoms with van der Waals surface area (Å²) in [6, 6.07) is 15.2. The Labute approximate surface area is 161 Å². The van der Waals surface area contributed by atoms with Gasteiger partial charge in [0.2, 0.25) is 6.79 Å². The smallest absolute Gasteiger partial charge is 0.231 e. The third-order valence-corrected chi connectivity index (χ3v) is 5.53. The van der Waals surface area contributed by atoms with E-state index in [1.165, 1.54) is 16.7 Å².